The fourth-order valence-electron chi connectivity index (χ4n) is 2.72. The lowest BCUT2D eigenvalue weighted by molar-refractivity contribution is 0.0996. The number of amides is 1. The number of guanidine groups is 1. The van der Waals surface area contributed by atoms with Gasteiger partial charge < -0.3 is 20.4 Å². The molecule has 31 heavy (non-hydrogen) atoms. The van der Waals surface area contributed by atoms with E-state index in [1.54, 1.807) is 23.5 Å². The Labute approximate surface area is 203 Å². The Hall–Kier alpha value is -2.40. The van der Waals surface area contributed by atoms with Gasteiger partial charge >= 0.3 is 0 Å². The highest BCUT2D eigenvalue weighted by Crippen LogP contribution is 2.14. The summed E-state index contributed by atoms with van der Waals surface area (Å²) in [7, 11) is 0. The predicted molar refractivity (Wildman–Crippen MR) is 137 cm³/mol. The van der Waals surface area contributed by atoms with Crippen LogP contribution in [0.15, 0.2) is 58.3 Å². The number of furan rings is 1. The molecule has 2 aromatic heterocycles. The second kappa shape index (κ2) is 13.1. The molecule has 0 radical (unpaired) electrons. The van der Waals surface area contributed by atoms with Gasteiger partial charge in [0.1, 0.15) is 0 Å². The summed E-state index contributed by atoms with van der Waals surface area (Å²) in [6.45, 7) is 6.30. The molecule has 2 heterocycles. The first kappa shape index (κ1) is 24.9. The topological polar surface area (TPSA) is 91.5 Å². The lowest BCUT2D eigenvalue weighted by Crippen LogP contribution is -2.38. The second-order valence-electron chi connectivity index (χ2n) is 6.57. The Morgan fingerprint density at radius 3 is 2.61 bits per heavy atom. The lowest BCUT2D eigenvalue weighted by Gasteiger charge is -2.11. The van der Waals surface area contributed by atoms with Crippen molar-refractivity contribution in [3.63, 3.8) is 0 Å². The number of hydrogen-bond acceptors (Lipinski definition) is 5. The molecule has 0 fully saturated rings. The molecule has 3 rings (SSSR count). The van der Waals surface area contributed by atoms with Crippen molar-refractivity contribution in [1.82, 2.24) is 15.6 Å². The predicted octanol–water partition coefficient (Wildman–Crippen LogP) is 4.47. The van der Waals surface area contributed by atoms with E-state index in [9.17, 15) is 4.79 Å². The smallest absolute Gasteiger partial charge is 0.291 e. The quantitative estimate of drug-likeness (QED) is 0.207. The van der Waals surface area contributed by atoms with Crippen LogP contribution in [-0.2, 0) is 19.4 Å². The van der Waals surface area contributed by atoms with E-state index in [4.69, 9.17) is 4.42 Å². The molecule has 1 aromatic carbocycles. The summed E-state index contributed by atoms with van der Waals surface area (Å²) >= 11 is 1.77. The maximum absolute atomic E-state index is 12.0. The van der Waals surface area contributed by atoms with E-state index in [1.165, 1.54) is 11.1 Å². The maximum Gasteiger partial charge on any atom is 0.291 e. The zero-order chi connectivity index (χ0) is 21.2. The van der Waals surface area contributed by atoms with Crippen molar-refractivity contribution in [3.05, 3.63) is 70.1 Å². The number of thiazole rings is 1. The van der Waals surface area contributed by atoms with Crippen molar-refractivity contribution in [2.24, 2.45) is 4.99 Å². The number of nitrogens with zero attached hydrogens (tertiary/aromatic N) is 2. The van der Waals surface area contributed by atoms with E-state index in [2.05, 4.69) is 32.9 Å². The summed E-state index contributed by atoms with van der Waals surface area (Å²) in [6, 6.07) is 10.9. The maximum atomic E-state index is 12.0. The number of anilines is 1. The first-order valence-electron chi connectivity index (χ1n) is 10.1. The monoisotopic (exact) mass is 553 g/mol. The van der Waals surface area contributed by atoms with Crippen LogP contribution in [0.2, 0.25) is 0 Å². The molecule has 0 saturated carbocycles. The molecular weight excluding hydrogens is 525 g/mol. The molecule has 0 aliphatic carbocycles. The first-order valence-corrected chi connectivity index (χ1v) is 10.9. The number of nitrogens with one attached hydrogen (secondary N) is 3. The van der Waals surface area contributed by atoms with Gasteiger partial charge in [0.05, 0.1) is 17.8 Å². The van der Waals surface area contributed by atoms with Crippen LogP contribution in [0.3, 0.4) is 0 Å². The molecule has 7 nitrogen and oxygen atoms in total. The summed E-state index contributed by atoms with van der Waals surface area (Å²) in [5.41, 5.74) is 1.76. The van der Waals surface area contributed by atoms with Gasteiger partial charge in [-0.05, 0) is 43.2 Å². The van der Waals surface area contributed by atoms with Crippen molar-refractivity contribution < 1.29 is 9.21 Å². The minimum absolute atomic E-state index is 0. The number of carbonyl (C=O) groups excluding carboxylic acids is 1. The third kappa shape index (κ3) is 7.98. The number of aryl methyl sites for hydroxylation is 1. The average molecular weight is 553 g/mol. The fraction of sp³-hybridized carbons (Fsp3) is 0.318. The Bertz CT molecular complexity index is 955. The number of halogens is 1. The number of rotatable bonds is 9. The molecule has 0 spiro atoms. The van der Waals surface area contributed by atoms with Gasteiger partial charge in [-0.1, -0.05) is 19.1 Å². The molecule has 0 aliphatic heterocycles. The van der Waals surface area contributed by atoms with Gasteiger partial charge in [0.15, 0.2) is 11.7 Å². The van der Waals surface area contributed by atoms with Crippen molar-refractivity contribution in [2.75, 3.05) is 18.4 Å². The van der Waals surface area contributed by atoms with Crippen molar-refractivity contribution in [1.29, 1.82) is 0 Å². The van der Waals surface area contributed by atoms with Crippen LogP contribution < -0.4 is 16.0 Å². The van der Waals surface area contributed by atoms with Gasteiger partial charge in [0.25, 0.3) is 5.91 Å². The van der Waals surface area contributed by atoms with Crippen molar-refractivity contribution in [2.45, 2.75) is 33.2 Å². The summed E-state index contributed by atoms with van der Waals surface area (Å²) < 4.78 is 5.10. The molecule has 0 unspecified atom stereocenters. The number of hydrogen-bond donors (Lipinski definition) is 3. The summed E-state index contributed by atoms with van der Waals surface area (Å²) in [4.78, 5) is 22.4. The average Bonchev–Trinajstić information content (AvgIpc) is 3.45. The zero-order valence-corrected chi connectivity index (χ0v) is 20.8. The second-order valence-corrected chi connectivity index (χ2v) is 7.77. The van der Waals surface area contributed by atoms with Crippen LogP contribution in [0.25, 0.3) is 0 Å². The number of benzene rings is 1. The highest BCUT2D eigenvalue weighted by molar-refractivity contribution is 14.0. The molecule has 1 amide bonds. The van der Waals surface area contributed by atoms with E-state index in [0.717, 1.165) is 42.5 Å². The molecule has 0 saturated heterocycles. The van der Waals surface area contributed by atoms with Gasteiger partial charge in [-0.3, -0.25) is 4.79 Å². The number of aromatic nitrogens is 1. The molecule has 3 N–H and O–H groups in total. The van der Waals surface area contributed by atoms with Crippen LogP contribution in [0.1, 0.15) is 39.9 Å². The van der Waals surface area contributed by atoms with E-state index in [1.807, 2.05) is 37.4 Å². The fourth-order valence-corrected chi connectivity index (χ4v) is 3.58. The molecule has 0 atom stereocenters. The Morgan fingerprint density at radius 2 is 1.97 bits per heavy atom. The third-order valence-electron chi connectivity index (χ3n) is 4.30. The Morgan fingerprint density at radius 1 is 1.16 bits per heavy atom. The summed E-state index contributed by atoms with van der Waals surface area (Å²) in [5, 5.41) is 10.6. The van der Waals surface area contributed by atoms with Crippen LogP contribution in [0.5, 0.6) is 0 Å². The minimum Gasteiger partial charge on any atom is -0.459 e. The number of aliphatic imine (C=N–C) groups is 1. The van der Waals surface area contributed by atoms with Crippen LogP contribution in [-0.4, -0.2) is 29.9 Å². The number of carbonyl (C=O) groups is 1. The standard InChI is InChI=1S/C22H27N5O2S.HI/c1-3-18-15-25-20(30-18)11-12-24-22(23-4-2)26-14-16-7-9-17(10-8-16)27-21(28)19-6-5-13-29-19;/h5-10,13,15H,3-4,11-12,14H2,1-2H3,(H,27,28)(H2,23,24,26);1H. The van der Waals surface area contributed by atoms with Crippen LogP contribution in [0, 0.1) is 0 Å². The van der Waals surface area contributed by atoms with Gasteiger partial charge in [-0.15, -0.1) is 35.3 Å². The van der Waals surface area contributed by atoms with E-state index >= 15 is 0 Å². The summed E-state index contributed by atoms with van der Waals surface area (Å²) in [6.07, 6.45) is 5.34. The summed E-state index contributed by atoms with van der Waals surface area (Å²) in [5.74, 6) is 0.796. The van der Waals surface area contributed by atoms with Gasteiger partial charge in [0.2, 0.25) is 0 Å². The van der Waals surface area contributed by atoms with E-state index < -0.39 is 0 Å². The van der Waals surface area contributed by atoms with Crippen molar-refractivity contribution in [3.8, 4) is 0 Å². The first-order chi connectivity index (χ1) is 14.7. The SMILES string of the molecule is CCNC(=NCc1ccc(NC(=O)c2ccco2)cc1)NCCc1ncc(CC)s1.I. The molecule has 3 aromatic rings. The van der Waals surface area contributed by atoms with E-state index in [0.29, 0.717) is 12.2 Å². The Kier molecular flexibility index (Phi) is 10.5. The Balaban J connectivity index is 0.00000341. The highest BCUT2D eigenvalue weighted by atomic mass is 127. The van der Waals surface area contributed by atoms with E-state index in [-0.39, 0.29) is 35.6 Å². The van der Waals surface area contributed by atoms with Crippen LogP contribution in [0.4, 0.5) is 5.69 Å². The molecule has 0 bridgehead atoms. The molecule has 166 valence electrons. The van der Waals surface area contributed by atoms with Gasteiger partial charge in [0, 0.05) is 36.3 Å². The lowest BCUT2D eigenvalue weighted by atomic mass is 10.2. The van der Waals surface area contributed by atoms with Gasteiger partial charge in [-0.25, -0.2) is 9.98 Å². The molecular formula is C22H28IN5O2S. The highest BCUT2D eigenvalue weighted by Gasteiger charge is 2.08. The largest absolute Gasteiger partial charge is 0.459 e. The third-order valence-corrected chi connectivity index (χ3v) is 5.50. The zero-order valence-electron chi connectivity index (χ0n) is 17.7. The molecule has 0 aliphatic rings. The normalized spacial score (nSPS) is 11.0. The van der Waals surface area contributed by atoms with Gasteiger partial charge in [-0.2, -0.15) is 0 Å². The minimum atomic E-state index is -0.268. The van der Waals surface area contributed by atoms with Crippen molar-refractivity contribution >= 4 is 52.9 Å². The van der Waals surface area contributed by atoms with Crippen LogP contribution >= 0.6 is 35.3 Å². The molecule has 9 heteroatoms.